The number of piperidine rings is 1. The Kier molecular flexibility index (Phi) is 5.92. The monoisotopic (exact) mass is 241 g/mol. The Bertz CT molecular complexity index is 235. The number of carbonyl (C=O) groups excluding carboxylic acids is 1. The lowest BCUT2D eigenvalue weighted by atomic mass is 9.97. The molecule has 1 heterocycles. The highest BCUT2D eigenvalue weighted by atomic mass is 16.2. The van der Waals surface area contributed by atoms with Crippen molar-refractivity contribution in [1.82, 2.24) is 15.1 Å². The summed E-state index contributed by atoms with van der Waals surface area (Å²) in [4.78, 5) is 16.0. The average Bonchev–Trinajstić information content (AvgIpc) is 2.30. The first-order valence-electron chi connectivity index (χ1n) is 6.67. The van der Waals surface area contributed by atoms with Crippen molar-refractivity contribution in [3.8, 4) is 0 Å². The Morgan fingerprint density at radius 1 is 1.41 bits per heavy atom. The predicted octanol–water partition coefficient (Wildman–Crippen LogP) is 0.785. The van der Waals surface area contributed by atoms with Crippen LogP contribution in [-0.2, 0) is 4.79 Å². The number of nitrogens with one attached hydrogen (secondary N) is 1. The van der Waals surface area contributed by atoms with Crippen LogP contribution in [0.4, 0.5) is 0 Å². The van der Waals surface area contributed by atoms with Crippen molar-refractivity contribution in [3.63, 3.8) is 0 Å². The van der Waals surface area contributed by atoms with E-state index >= 15 is 0 Å². The third-order valence-electron chi connectivity index (χ3n) is 3.73. The minimum Gasteiger partial charge on any atom is -0.342 e. The Hall–Kier alpha value is -0.610. The van der Waals surface area contributed by atoms with Gasteiger partial charge < -0.3 is 10.2 Å². The van der Waals surface area contributed by atoms with E-state index in [-0.39, 0.29) is 5.91 Å². The second-order valence-corrected chi connectivity index (χ2v) is 5.38. The fraction of sp³-hybridized carbons (Fsp3) is 0.923. The number of rotatable bonds is 5. The number of hydrogen-bond donors (Lipinski definition) is 1. The summed E-state index contributed by atoms with van der Waals surface area (Å²) in [6.07, 6.45) is 2.42. The lowest BCUT2D eigenvalue weighted by Gasteiger charge is -2.33. The van der Waals surface area contributed by atoms with Gasteiger partial charge in [-0.3, -0.25) is 9.69 Å². The van der Waals surface area contributed by atoms with Gasteiger partial charge in [0, 0.05) is 13.1 Å². The van der Waals surface area contributed by atoms with Crippen LogP contribution in [0.3, 0.4) is 0 Å². The van der Waals surface area contributed by atoms with Crippen molar-refractivity contribution in [2.45, 2.75) is 32.7 Å². The summed E-state index contributed by atoms with van der Waals surface area (Å²) in [5, 5.41) is 3.23. The molecule has 0 unspecified atom stereocenters. The molecule has 0 spiro atoms. The number of hydrogen-bond acceptors (Lipinski definition) is 3. The first-order chi connectivity index (χ1) is 8.04. The van der Waals surface area contributed by atoms with E-state index in [1.165, 1.54) is 12.8 Å². The highest BCUT2D eigenvalue weighted by molar-refractivity contribution is 5.78. The minimum absolute atomic E-state index is 0.243. The summed E-state index contributed by atoms with van der Waals surface area (Å²) < 4.78 is 0. The molecule has 0 aromatic carbocycles. The zero-order valence-electron chi connectivity index (χ0n) is 11.7. The standard InChI is InChI=1S/C13H27N3O/c1-11(2)15(4)13(17)10-16-7-5-12(6-8-16)9-14-3/h11-12,14H,5-10H2,1-4H3. The first kappa shape index (κ1) is 14.5. The fourth-order valence-corrected chi connectivity index (χ4v) is 2.23. The van der Waals surface area contributed by atoms with Crippen molar-refractivity contribution in [2.24, 2.45) is 5.92 Å². The normalized spacial score (nSPS) is 18.6. The summed E-state index contributed by atoms with van der Waals surface area (Å²) in [5.41, 5.74) is 0. The first-order valence-corrected chi connectivity index (χ1v) is 6.67. The van der Waals surface area contributed by atoms with Gasteiger partial charge in [-0.25, -0.2) is 0 Å². The molecule has 0 bridgehead atoms. The molecule has 0 atom stereocenters. The number of carbonyl (C=O) groups is 1. The van der Waals surface area contributed by atoms with Gasteiger partial charge in [0.1, 0.15) is 0 Å². The van der Waals surface area contributed by atoms with Crippen LogP contribution in [0.5, 0.6) is 0 Å². The van der Waals surface area contributed by atoms with E-state index in [4.69, 9.17) is 0 Å². The fourth-order valence-electron chi connectivity index (χ4n) is 2.23. The van der Waals surface area contributed by atoms with Crippen LogP contribution in [-0.4, -0.2) is 62.0 Å². The SMILES string of the molecule is CNCC1CCN(CC(=O)N(C)C(C)C)CC1. The van der Waals surface area contributed by atoms with Crippen molar-refractivity contribution in [3.05, 3.63) is 0 Å². The van der Waals surface area contributed by atoms with E-state index in [0.29, 0.717) is 12.6 Å². The van der Waals surface area contributed by atoms with E-state index in [2.05, 4.69) is 24.1 Å². The molecule has 4 heteroatoms. The molecule has 1 amide bonds. The van der Waals surface area contributed by atoms with Crippen LogP contribution in [0, 0.1) is 5.92 Å². The van der Waals surface area contributed by atoms with Crippen LogP contribution in [0.1, 0.15) is 26.7 Å². The number of likely N-dealkylation sites (tertiary alicyclic amines) is 1. The molecule has 1 N–H and O–H groups in total. The molecular formula is C13H27N3O. The highest BCUT2D eigenvalue weighted by Crippen LogP contribution is 2.16. The third-order valence-corrected chi connectivity index (χ3v) is 3.73. The lowest BCUT2D eigenvalue weighted by molar-refractivity contribution is -0.132. The Morgan fingerprint density at radius 2 is 2.00 bits per heavy atom. The van der Waals surface area contributed by atoms with E-state index in [1.54, 1.807) is 0 Å². The van der Waals surface area contributed by atoms with Gasteiger partial charge in [0.2, 0.25) is 5.91 Å². The third kappa shape index (κ3) is 4.64. The van der Waals surface area contributed by atoms with Crippen molar-refractivity contribution < 1.29 is 4.79 Å². The zero-order chi connectivity index (χ0) is 12.8. The van der Waals surface area contributed by atoms with E-state index < -0.39 is 0 Å². The molecule has 1 rings (SSSR count). The van der Waals surface area contributed by atoms with E-state index in [9.17, 15) is 4.79 Å². The Morgan fingerprint density at radius 3 is 2.47 bits per heavy atom. The van der Waals surface area contributed by atoms with Crippen LogP contribution >= 0.6 is 0 Å². The van der Waals surface area contributed by atoms with Crippen molar-refractivity contribution in [1.29, 1.82) is 0 Å². The molecule has 0 radical (unpaired) electrons. The summed E-state index contributed by atoms with van der Waals surface area (Å²) in [6, 6.07) is 0.296. The van der Waals surface area contributed by atoms with Crippen LogP contribution in [0.25, 0.3) is 0 Å². The number of amides is 1. The highest BCUT2D eigenvalue weighted by Gasteiger charge is 2.22. The molecule has 0 saturated carbocycles. The summed E-state index contributed by atoms with van der Waals surface area (Å²) in [7, 11) is 3.90. The molecule has 4 nitrogen and oxygen atoms in total. The Labute approximate surface area is 105 Å². The maximum Gasteiger partial charge on any atom is 0.236 e. The second kappa shape index (κ2) is 6.97. The largest absolute Gasteiger partial charge is 0.342 e. The maximum atomic E-state index is 11.9. The summed E-state index contributed by atoms with van der Waals surface area (Å²) in [6.45, 7) is 7.91. The lowest BCUT2D eigenvalue weighted by Crippen LogP contribution is -2.44. The predicted molar refractivity (Wildman–Crippen MR) is 71.0 cm³/mol. The van der Waals surface area contributed by atoms with Crippen LogP contribution in [0.2, 0.25) is 0 Å². The van der Waals surface area contributed by atoms with E-state index in [0.717, 1.165) is 25.6 Å². The van der Waals surface area contributed by atoms with Crippen molar-refractivity contribution in [2.75, 3.05) is 40.3 Å². The molecule has 100 valence electrons. The average molecular weight is 241 g/mol. The van der Waals surface area contributed by atoms with Gasteiger partial charge in [-0.2, -0.15) is 0 Å². The maximum absolute atomic E-state index is 11.9. The smallest absolute Gasteiger partial charge is 0.236 e. The molecule has 1 aliphatic rings. The van der Waals surface area contributed by atoms with Gasteiger partial charge in [-0.15, -0.1) is 0 Å². The van der Waals surface area contributed by atoms with Gasteiger partial charge in [-0.05, 0) is 59.3 Å². The number of likely N-dealkylation sites (N-methyl/N-ethyl adjacent to an activating group) is 1. The second-order valence-electron chi connectivity index (χ2n) is 5.38. The van der Waals surface area contributed by atoms with Crippen LogP contribution in [0.15, 0.2) is 0 Å². The molecule has 0 aromatic rings. The Balaban J connectivity index is 2.28. The van der Waals surface area contributed by atoms with Gasteiger partial charge >= 0.3 is 0 Å². The van der Waals surface area contributed by atoms with Gasteiger partial charge in [-0.1, -0.05) is 0 Å². The topological polar surface area (TPSA) is 35.6 Å². The van der Waals surface area contributed by atoms with Gasteiger partial charge in [0.05, 0.1) is 6.54 Å². The van der Waals surface area contributed by atoms with Crippen molar-refractivity contribution >= 4 is 5.91 Å². The molecular weight excluding hydrogens is 214 g/mol. The molecule has 0 aliphatic carbocycles. The molecule has 0 aromatic heterocycles. The van der Waals surface area contributed by atoms with E-state index in [1.807, 2.05) is 19.0 Å². The molecule has 1 fully saturated rings. The van der Waals surface area contributed by atoms with Crippen LogP contribution < -0.4 is 5.32 Å². The molecule has 17 heavy (non-hydrogen) atoms. The summed E-state index contributed by atoms with van der Waals surface area (Å²) >= 11 is 0. The summed E-state index contributed by atoms with van der Waals surface area (Å²) in [5.74, 6) is 1.03. The molecule has 1 aliphatic heterocycles. The molecule has 1 saturated heterocycles. The van der Waals surface area contributed by atoms with Gasteiger partial charge in [0.25, 0.3) is 0 Å². The zero-order valence-corrected chi connectivity index (χ0v) is 11.7. The van der Waals surface area contributed by atoms with Gasteiger partial charge in [0.15, 0.2) is 0 Å². The minimum atomic E-state index is 0.243. The number of nitrogens with zero attached hydrogens (tertiary/aromatic N) is 2. The quantitative estimate of drug-likeness (QED) is 0.773.